The fourth-order valence-electron chi connectivity index (χ4n) is 4.35. The normalized spacial score (nSPS) is 37.5. The van der Waals surface area contributed by atoms with Crippen molar-refractivity contribution in [3.8, 4) is 0 Å². The van der Waals surface area contributed by atoms with E-state index < -0.39 is 0 Å². The van der Waals surface area contributed by atoms with E-state index in [1.54, 1.807) is 0 Å². The van der Waals surface area contributed by atoms with Gasteiger partial charge in [0.15, 0.2) is 0 Å². The van der Waals surface area contributed by atoms with Crippen molar-refractivity contribution < 1.29 is 4.74 Å². The van der Waals surface area contributed by atoms with E-state index >= 15 is 0 Å². The lowest BCUT2D eigenvalue weighted by Gasteiger charge is -2.44. The second-order valence-corrected chi connectivity index (χ2v) is 7.56. The Morgan fingerprint density at radius 1 is 0.850 bits per heavy atom. The predicted molar refractivity (Wildman–Crippen MR) is 87.1 cm³/mol. The smallest absolute Gasteiger partial charge is 0.0658 e. The van der Waals surface area contributed by atoms with Gasteiger partial charge in [-0.15, -0.1) is 0 Å². The molecule has 0 aromatic rings. The lowest BCUT2D eigenvalue weighted by molar-refractivity contribution is -0.152. The standard InChI is InChI=1S/C19H36O/c1-3-15-19(2)16-14-17-12-10-8-6-4-5-7-9-11-13-18(17)20-19/h17-18H,3-16H2,1-2H3. The van der Waals surface area contributed by atoms with Crippen LogP contribution >= 0.6 is 0 Å². The van der Waals surface area contributed by atoms with Gasteiger partial charge < -0.3 is 4.74 Å². The molecule has 2 rings (SSSR count). The zero-order chi connectivity index (χ0) is 14.3. The molecule has 0 amide bonds. The Morgan fingerprint density at radius 2 is 1.45 bits per heavy atom. The van der Waals surface area contributed by atoms with Crippen LogP contribution in [0, 0.1) is 5.92 Å². The fraction of sp³-hybridized carbons (Fsp3) is 1.00. The minimum absolute atomic E-state index is 0.187. The number of hydrogen-bond acceptors (Lipinski definition) is 1. The molecule has 3 unspecified atom stereocenters. The molecule has 1 saturated carbocycles. The van der Waals surface area contributed by atoms with Crippen LogP contribution in [0.4, 0.5) is 0 Å². The SMILES string of the molecule is CCCC1(C)CCC2CCCCCCCCCCC2O1. The van der Waals surface area contributed by atoms with E-state index in [1.807, 2.05) is 0 Å². The fourth-order valence-corrected chi connectivity index (χ4v) is 4.35. The summed E-state index contributed by atoms with van der Waals surface area (Å²) >= 11 is 0. The van der Waals surface area contributed by atoms with Crippen molar-refractivity contribution in [3.63, 3.8) is 0 Å². The molecule has 1 saturated heterocycles. The largest absolute Gasteiger partial charge is 0.372 e. The molecule has 2 aliphatic rings. The molecule has 3 atom stereocenters. The Labute approximate surface area is 126 Å². The van der Waals surface area contributed by atoms with Crippen LogP contribution in [0.1, 0.15) is 104 Å². The molecule has 1 nitrogen and oxygen atoms in total. The zero-order valence-corrected chi connectivity index (χ0v) is 14.0. The van der Waals surface area contributed by atoms with Gasteiger partial charge in [0.2, 0.25) is 0 Å². The molecular formula is C19H36O. The van der Waals surface area contributed by atoms with Gasteiger partial charge in [0.1, 0.15) is 0 Å². The highest BCUT2D eigenvalue weighted by molar-refractivity contribution is 4.86. The Morgan fingerprint density at radius 3 is 2.10 bits per heavy atom. The van der Waals surface area contributed by atoms with Crippen molar-refractivity contribution in [3.05, 3.63) is 0 Å². The van der Waals surface area contributed by atoms with E-state index in [4.69, 9.17) is 4.74 Å². The molecule has 0 N–H and O–H groups in total. The zero-order valence-electron chi connectivity index (χ0n) is 14.0. The van der Waals surface area contributed by atoms with Crippen LogP contribution in [0.25, 0.3) is 0 Å². The summed E-state index contributed by atoms with van der Waals surface area (Å²) in [4.78, 5) is 0. The van der Waals surface area contributed by atoms with Crippen molar-refractivity contribution >= 4 is 0 Å². The van der Waals surface area contributed by atoms with Gasteiger partial charge in [-0.05, 0) is 44.9 Å². The first-order valence-corrected chi connectivity index (χ1v) is 9.41. The molecule has 0 bridgehead atoms. The Hall–Kier alpha value is -0.0400. The highest BCUT2D eigenvalue weighted by atomic mass is 16.5. The Balaban J connectivity index is 1.90. The molecule has 1 aliphatic heterocycles. The average Bonchev–Trinajstić information content (AvgIpc) is 2.41. The molecule has 1 aliphatic carbocycles. The van der Waals surface area contributed by atoms with Crippen LogP contribution < -0.4 is 0 Å². The summed E-state index contributed by atoms with van der Waals surface area (Å²) in [7, 11) is 0. The molecule has 2 fully saturated rings. The lowest BCUT2D eigenvalue weighted by Crippen LogP contribution is -2.43. The van der Waals surface area contributed by atoms with Gasteiger partial charge in [0.05, 0.1) is 11.7 Å². The van der Waals surface area contributed by atoms with E-state index in [2.05, 4.69) is 13.8 Å². The number of fused-ring (bicyclic) bond motifs is 1. The van der Waals surface area contributed by atoms with Crippen molar-refractivity contribution in [2.45, 2.75) is 115 Å². The van der Waals surface area contributed by atoms with Crippen LogP contribution in [-0.4, -0.2) is 11.7 Å². The first-order chi connectivity index (χ1) is 9.73. The molecule has 1 heteroatoms. The van der Waals surface area contributed by atoms with E-state index in [-0.39, 0.29) is 5.60 Å². The highest BCUT2D eigenvalue weighted by Gasteiger charge is 2.37. The molecule has 0 aromatic heterocycles. The number of rotatable bonds is 2. The summed E-state index contributed by atoms with van der Waals surface area (Å²) in [5.74, 6) is 0.861. The predicted octanol–water partition coefficient (Wildman–Crippen LogP) is 6.26. The van der Waals surface area contributed by atoms with Crippen LogP contribution in [-0.2, 0) is 4.74 Å². The summed E-state index contributed by atoms with van der Waals surface area (Å²) in [6.07, 6.45) is 20.1. The van der Waals surface area contributed by atoms with Gasteiger partial charge >= 0.3 is 0 Å². The molecular weight excluding hydrogens is 244 g/mol. The first-order valence-electron chi connectivity index (χ1n) is 9.41. The van der Waals surface area contributed by atoms with Crippen molar-refractivity contribution in [1.29, 1.82) is 0 Å². The van der Waals surface area contributed by atoms with Gasteiger partial charge in [0.25, 0.3) is 0 Å². The van der Waals surface area contributed by atoms with E-state index in [1.165, 1.54) is 89.9 Å². The van der Waals surface area contributed by atoms with Crippen LogP contribution in [0.2, 0.25) is 0 Å². The molecule has 1 heterocycles. The van der Waals surface area contributed by atoms with Crippen LogP contribution in [0.3, 0.4) is 0 Å². The molecule has 0 spiro atoms. The maximum Gasteiger partial charge on any atom is 0.0658 e. The van der Waals surface area contributed by atoms with Gasteiger partial charge in [-0.1, -0.05) is 64.7 Å². The quantitative estimate of drug-likeness (QED) is 0.580. The van der Waals surface area contributed by atoms with Gasteiger partial charge in [-0.2, -0.15) is 0 Å². The maximum atomic E-state index is 6.62. The summed E-state index contributed by atoms with van der Waals surface area (Å²) in [6, 6.07) is 0. The van der Waals surface area contributed by atoms with Gasteiger partial charge in [-0.3, -0.25) is 0 Å². The maximum absolute atomic E-state index is 6.62. The summed E-state index contributed by atoms with van der Waals surface area (Å²) < 4.78 is 6.62. The molecule has 0 aromatic carbocycles. The van der Waals surface area contributed by atoms with Gasteiger partial charge in [0, 0.05) is 0 Å². The Bertz CT molecular complexity index is 262. The number of ether oxygens (including phenoxy) is 1. The summed E-state index contributed by atoms with van der Waals surface area (Å²) in [5.41, 5.74) is 0.187. The first kappa shape index (κ1) is 16.3. The minimum atomic E-state index is 0.187. The minimum Gasteiger partial charge on any atom is -0.372 e. The molecule has 118 valence electrons. The van der Waals surface area contributed by atoms with Gasteiger partial charge in [-0.25, -0.2) is 0 Å². The average molecular weight is 280 g/mol. The van der Waals surface area contributed by atoms with Crippen LogP contribution in [0.15, 0.2) is 0 Å². The number of hydrogen-bond donors (Lipinski definition) is 0. The third-order valence-electron chi connectivity index (χ3n) is 5.60. The second-order valence-electron chi connectivity index (χ2n) is 7.56. The van der Waals surface area contributed by atoms with E-state index in [9.17, 15) is 0 Å². The molecule has 0 radical (unpaired) electrons. The third-order valence-corrected chi connectivity index (χ3v) is 5.60. The third kappa shape index (κ3) is 5.06. The van der Waals surface area contributed by atoms with Crippen LogP contribution in [0.5, 0.6) is 0 Å². The van der Waals surface area contributed by atoms with Crippen molar-refractivity contribution in [1.82, 2.24) is 0 Å². The van der Waals surface area contributed by atoms with Crippen molar-refractivity contribution in [2.75, 3.05) is 0 Å². The monoisotopic (exact) mass is 280 g/mol. The van der Waals surface area contributed by atoms with E-state index in [0.717, 1.165) is 5.92 Å². The second kappa shape index (κ2) is 8.41. The van der Waals surface area contributed by atoms with E-state index in [0.29, 0.717) is 6.10 Å². The topological polar surface area (TPSA) is 9.23 Å². The Kier molecular flexibility index (Phi) is 6.87. The summed E-state index contributed by atoms with van der Waals surface area (Å²) in [5, 5.41) is 0. The molecule has 20 heavy (non-hydrogen) atoms. The van der Waals surface area contributed by atoms with Crippen molar-refractivity contribution in [2.24, 2.45) is 5.92 Å². The highest BCUT2D eigenvalue weighted by Crippen LogP contribution is 2.39. The summed E-state index contributed by atoms with van der Waals surface area (Å²) in [6.45, 7) is 4.66. The lowest BCUT2D eigenvalue weighted by atomic mass is 9.79.